The zero-order valence-electron chi connectivity index (χ0n) is 12.8. The standard InChI is InChI=1S/C17H17NO4S/c1-21-13-6-3-5-12(9-13)18-16(19)10-22-17(20)15-8-11-4-2-7-14(11)23-15/h3,5-6,8-9H,2,4,7,10H2,1H3,(H,18,19). The predicted octanol–water partition coefficient (Wildman–Crippen LogP) is 3.04. The number of fused-ring (bicyclic) bond motifs is 1. The Labute approximate surface area is 138 Å². The number of thiophene rings is 1. The van der Waals surface area contributed by atoms with Crippen LogP contribution < -0.4 is 10.1 Å². The van der Waals surface area contributed by atoms with Crippen LogP contribution in [0.2, 0.25) is 0 Å². The number of aryl methyl sites for hydroxylation is 2. The zero-order chi connectivity index (χ0) is 16.2. The summed E-state index contributed by atoms with van der Waals surface area (Å²) in [5.74, 6) is -0.172. The Morgan fingerprint density at radius 2 is 2.13 bits per heavy atom. The van der Waals surface area contributed by atoms with Crippen LogP contribution in [0.15, 0.2) is 30.3 Å². The van der Waals surface area contributed by atoms with Crippen molar-refractivity contribution < 1.29 is 19.1 Å². The summed E-state index contributed by atoms with van der Waals surface area (Å²) < 4.78 is 10.2. The van der Waals surface area contributed by atoms with E-state index in [1.807, 2.05) is 6.07 Å². The SMILES string of the molecule is COc1cccc(NC(=O)COC(=O)c2cc3c(s2)CCC3)c1. The van der Waals surface area contributed by atoms with Crippen LogP contribution in [0.1, 0.15) is 26.5 Å². The molecule has 0 spiro atoms. The average molecular weight is 331 g/mol. The van der Waals surface area contributed by atoms with Gasteiger partial charge >= 0.3 is 5.97 Å². The smallest absolute Gasteiger partial charge is 0.348 e. The van der Waals surface area contributed by atoms with Crippen LogP contribution >= 0.6 is 11.3 Å². The van der Waals surface area contributed by atoms with E-state index in [4.69, 9.17) is 9.47 Å². The zero-order valence-corrected chi connectivity index (χ0v) is 13.6. The second-order valence-electron chi connectivity index (χ2n) is 5.27. The molecular formula is C17H17NO4S. The van der Waals surface area contributed by atoms with Gasteiger partial charge in [-0.2, -0.15) is 0 Å². The van der Waals surface area contributed by atoms with Crippen molar-refractivity contribution in [3.63, 3.8) is 0 Å². The molecule has 0 atom stereocenters. The van der Waals surface area contributed by atoms with Gasteiger partial charge < -0.3 is 14.8 Å². The number of carbonyl (C=O) groups is 2. The fraction of sp³-hybridized carbons (Fsp3) is 0.294. The highest BCUT2D eigenvalue weighted by atomic mass is 32.1. The Morgan fingerprint density at radius 3 is 2.91 bits per heavy atom. The molecule has 1 aromatic heterocycles. The molecule has 0 radical (unpaired) electrons. The lowest BCUT2D eigenvalue weighted by Gasteiger charge is -2.07. The predicted molar refractivity (Wildman–Crippen MR) is 88.3 cm³/mol. The molecule has 120 valence electrons. The normalized spacial score (nSPS) is 12.6. The summed E-state index contributed by atoms with van der Waals surface area (Å²) in [6, 6.07) is 8.88. The van der Waals surface area contributed by atoms with E-state index in [1.165, 1.54) is 21.8 Å². The Bertz CT molecular complexity index is 716. The van der Waals surface area contributed by atoms with E-state index >= 15 is 0 Å². The Hall–Kier alpha value is -2.34. The highest BCUT2D eigenvalue weighted by Crippen LogP contribution is 2.30. The van der Waals surface area contributed by atoms with Crippen LogP contribution in [0.3, 0.4) is 0 Å². The van der Waals surface area contributed by atoms with E-state index < -0.39 is 5.97 Å². The van der Waals surface area contributed by atoms with Gasteiger partial charge in [-0.15, -0.1) is 11.3 Å². The maximum absolute atomic E-state index is 12.0. The first-order chi connectivity index (χ1) is 11.2. The summed E-state index contributed by atoms with van der Waals surface area (Å²) in [6.07, 6.45) is 3.21. The Balaban J connectivity index is 1.52. The second-order valence-corrected chi connectivity index (χ2v) is 6.41. The van der Waals surface area contributed by atoms with Crippen molar-refractivity contribution in [3.8, 4) is 5.75 Å². The molecule has 0 unspecified atom stereocenters. The van der Waals surface area contributed by atoms with Crippen LogP contribution in [0, 0.1) is 0 Å². The number of benzene rings is 1. The molecule has 1 heterocycles. The van der Waals surface area contributed by atoms with E-state index in [9.17, 15) is 9.59 Å². The third-order valence-electron chi connectivity index (χ3n) is 3.64. The molecule has 23 heavy (non-hydrogen) atoms. The van der Waals surface area contributed by atoms with Gasteiger partial charge in [0.2, 0.25) is 0 Å². The number of methoxy groups -OCH3 is 1. The van der Waals surface area contributed by atoms with Gasteiger partial charge in [0, 0.05) is 16.6 Å². The second kappa shape index (κ2) is 6.83. The van der Waals surface area contributed by atoms with Crippen LogP contribution in [0.25, 0.3) is 0 Å². The molecular weight excluding hydrogens is 314 g/mol. The van der Waals surface area contributed by atoms with Gasteiger partial charge in [0.05, 0.1) is 7.11 Å². The van der Waals surface area contributed by atoms with Crippen molar-refractivity contribution in [2.75, 3.05) is 19.0 Å². The topological polar surface area (TPSA) is 64.6 Å². The first-order valence-electron chi connectivity index (χ1n) is 7.38. The van der Waals surface area contributed by atoms with Gasteiger partial charge in [-0.1, -0.05) is 6.07 Å². The summed E-state index contributed by atoms with van der Waals surface area (Å²) in [6.45, 7) is -0.307. The van der Waals surface area contributed by atoms with Crippen LogP contribution in [-0.4, -0.2) is 25.6 Å². The maximum Gasteiger partial charge on any atom is 0.348 e. The Morgan fingerprint density at radius 1 is 1.26 bits per heavy atom. The third kappa shape index (κ3) is 3.71. The molecule has 0 saturated heterocycles. The highest BCUT2D eigenvalue weighted by Gasteiger charge is 2.19. The number of hydrogen-bond acceptors (Lipinski definition) is 5. The van der Waals surface area contributed by atoms with E-state index in [0.717, 1.165) is 19.3 Å². The molecule has 0 bridgehead atoms. The fourth-order valence-corrected chi connectivity index (χ4v) is 3.68. The van der Waals surface area contributed by atoms with Gasteiger partial charge in [-0.3, -0.25) is 4.79 Å². The first-order valence-corrected chi connectivity index (χ1v) is 8.20. The van der Waals surface area contributed by atoms with Crippen molar-refractivity contribution in [1.29, 1.82) is 0 Å². The molecule has 5 nitrogen and oxygen atoms in total. The lowest BCUT2D eigenvalue weighted by molar-refractivity contribution is -0.119. The number of ether oxygens (including phenoxy) is 2. The maximum atomic E-state index is 12.0. The molecule has 0 aliphatic heterocycles. The van der Waals surface area contributed by atoms with Gasteiger partial charge in [-0.05, 0) is 43.0 Å². The fourth-order valence-electron chi connectivity index (χ4n) is 2.53. The summed E-state index contributed by atoms with van der Waals surface area (Å²) in [4.78, 5) is 25.7. The van der Waals surface area contributed by atoms with Crippen LogP contribution in [-0.2, 0) is 22.4 Å². The third-order valence-corrected chi connectivity index (χ3v) is 4.85. The number of hydrogen-bond donors (Lipinski definition) is 1. The minimum atomic E-state index is -0.440. The van der Waals surface area contributed by atoms with Crippen molar-refractivity contribution in [2.24, 2.45) is 0 Å². The van der Waals surface area contributed by atoms with Crippen LogP contribution in [0.4, 0.5) is 5.69 Å². The van der Waals surface area contributed by atoms with E-state index in [0.29, 0.717) is 16.3 Å². The molecule has 2 aromatic rings. The molecule has 1 aliphatic carbocycles. The van der Waals surface area contributed by atoms with Crippen LogP contribution in [0.5, 0.6) is 5.75 Å². The first kappa shape index (κ1) is 15.6. The monoisotopic (exact) mass is 331 g/mol. The number of rotatable bonds is 5. The van der Waals surface area contributed by atoms with Crippen molar-refractivity contribution in [3.05, 3.63) is 45.6 Å². The largest absolute Gasteiger partial charge is 0.497 e. The van der Waals surface area contributed by atoms with Gasteiger partial charge in [0.15, 0.2) is 6.61 Å². The Kier molecular flexibility index (Phi) is 4.62. The lowest BCUT2D eigenvalue weighted by Crippen LogP contribution is -2.20. The molecule has 1 aliphatic rings. The van der Waals surface area contributed by atoms with Crippen molar-refractivity contribution in [2.45, 2.75) is 19.3 Å². The number of carbonyl (C=O) groups excluding carboxylic acids is 2. The molecule has 3 rings (SSSR count). The van der Waals surface area contributed by atoms with Crippen molar-refractivity contribution >= 4 is 28.9 Å². The van der Waals surface area contributed by atoms with E-state index in [-0.39, 0.29) is 12.5 Å². The summed E-state index contributed by atoms with van der Waals surface area (Å²) in [5, 5.41) is 2.67. The number of nitrogens with one attached hydrogen (secondary N) is 1. The van der Waals surface area contributed by atoms with Gasteiger partial charge in [-0.25, -0.2) is 4.79 Å². The minimum Gasteiger partial charge on any atom is -0.497 e. The van der Waals surface area contributed by atoms with Crippen molar-refractivity contribution in [1.82, 2.24) is 0 Å². The quantitative estimate of drug-likeness (QED) is 0.855. The molecule has 0 saturated carbocycles. The van der Waals surface area contributed by atoms with E-state index in [1.54, 1.807) is 31.4 Å². The average Bonchev–Trinajstić information content (AvgIpc) is 3.14. The summed E-state index contributed by atoms with van der Waals surface area (Å²) >= 11 is 1.47. The number of amides is 1. The van der Waals surface area contributed by atoms with E-state index in [2.05, 4.69) is 5.32 Å². The summed E-state index contributed by atoms with van der Waals surface area (Å²) in [5.41, 5.74) is 1.84. The van der Waals surface area contributed by atoms with Gasteiger partial charge in [0.1, 0.15) is 10.6 Å². The number of anilines is 1. The molecule has 1 amide bonds. The molecule has 0 fully saturated rings. The molecule has 6 heteroatoms. The highest BCUT2D eigenvalue weighted by molar-refractivity contribution is 7.14. The lowest BCUT2D eigenvalue weighted by atomic mass is 10.2. The summed E-state index contributed by atoms with van der Waals surface area (Å²) in [7, 11) is 1.56. The minimum absolute atomic E-state index is 0.307. The molecule has 1 N–H and O–H groups in total. The van der Waals surface area contributed by atoms with Gasteiger partial charge in [0.25, 0.3) is 5.91 Å². The molecule has 1 aromatic carbocycles. The number of esters is 1.